The van der Waals surface area contributed by atoms with E-state index in [2.05, 4.69) is 28.5 Å². The van der Waals surface area contributed by atoms with E-state index in [-0.39, 0.29) is 17.4 Å². The molecule has 0 aromatic rings. The lowest BCUT2D eigenvalue weighted by molar-refractivity contribution is -0.120. The number of hydrogen-bond donors (Lipinski definition) is 5. The highest BCUT2D eigenvalue weighted by Gasteiger charge is 2.25. The summed E-state index contributed by atoms with van der Waals surface area (Å²) in [6.07, 6.45) is 2.44. The SMILES string of the molecule is CC([B]NC(=O)S)C(=O)NCCCCC(NC(N)=O)C(C)(C)C. The Morgan fingerprint density at radius 2 is 1.83 bits per heavy atom. The fourth-order valence-corrected chi connectivity index (χ4v) is 2.09. The molecule has 0 heterocycles. The van der Waals surface area contributed by atoms with Gasteiger partial charge in [-0.2, -0.15) is 0 Å². The van der Waals surface area contributed by atoms with E-state index in [4.69, 9.17) is 5.73 Å². The number of rotatable bonds is 9. The Bertz CT molecular complexity index is 415. The van der Waals surface area contributed by atoms with Crippen molar-refractivity contribution >= 4 is 37.2 Å². The highest BCUT2D eigenvalue weighted by molar-refractivity contribution is 7.96. The van der Waals surface area contributed by atoms with Crippen molar-refractivity contribution < 1.29 is 14.4 Å². The van der Waals surface area contributed by atoms with Crippen LogP contribution >= 0.6 is 12.6 Å². The van der Waals surface area contributed by atoms with Crippen LogP contribution < -0.4 is 21.6 Å². The van der Waals surface area contributed by atoms with Gasteiger partial charge in [0, 0.05) is 18.4 Å². The van der Waals surface area contributed by atoms with Gasteiger partial charge in [-0.25, -0.2) is 4.79 Å². The van der Waals surface area contributed by atoms with Gasteiger partial charge in [0.05, 0.1) is 0 Å². The maximum Gasteiger partial charge on any atom is 0.312 e. The second-order valence-corrected chi connectivity index (χ2v) is 7.03. The first-order valence-corrected chi connectivity index (χ1v) is 8.15. The summed E-state index contributed by atoms with van der Waals surface area (Å²) in [6, 6.07) is -0.526. The second kappa shape index (κ2) is 10.4. The van der Waals surface area contributed by atoms with Crippen molar-refractivity contribution in [1.82, 2.24) is 15.9 Å². The predicted octanol–water partition coefficient (Wildman–Crippen LogP) is 1.42. The van der Waals surface area contributed by atoms with Crippen molar-refractivity contribution in [2.75, 3.05) is 6.54 Å². The molecule has 23 heavy (non-hydrogen) atoms. The quantitative estimate of drug-likeness (QED) is 0.248. The van der Waals surface area contributed by atoms with Crippen LogP contribution in [0.1, 0.15) is 47.0 Å². The average Bonchev–Trinajstić information content (AvgIpc) is 2.41. The molecular weight excluding hydrogens is 315 g/mol. The first-order valence-electron chi connectivity index (χ1n) is 7.70. The molecule has 0 saturated heterocycles. The summed E-state index contributed by atoms with van der Waals surface area (Å²) >= 11 is 3.55. The van der Waals surface area contributed by atoms with Crippen LogP contribution in [0.15, 0.2) is 0 Å². The Balaban J connectivity index is 3.99. The molecule has 4 amide bonds. The molecule has 0 aliphatic carbocycles. The molecule has 5 N–H and O–H groups in total. The molecule has 7 nitrogen and oxygen atoms in total. The van der Waals surface area contributed by atoms with E-state index in [0.29, 0.717) is 6.54 Å². The van der Waals surface area contributed by atoms with E-state index >= 15 is 0 Å². The molecule has 9 heteroatoms. The molecule has 0 bridgehead atoms. The van der Waals surface area contributed by atoms with Crippen molar-refractivity contribution in [2.45, 2.75) is 58.8 Å². The Kier molecular flexibility index (Phi) is 9.79. The lowest BCUT2D eigenvalue weighted by atomic mass is 9.76. The number of nitrogens with two attached hydrogens (primary N) is 1. The number of unbranched alkanes of at least 4 members (excludes halogenated alkanes) is 1. The molecular formula is C14H28BN4O3S. The van der Waals surface area contributed by atoms with Gasteiger partial charge in [0.25, 0.3) is 12.7 Å². The highest BCUT2D eigenvalue weighted by Crippen LogP contribution is 2.23. The van der Waals surface area contributed by atoms with Crippen LogP contribution in [-0.2, 0) is 4.79 Å². The maximum absolute atomic E-state index is 11.8. The van der Waals surface area contributed by atoms with Crippen molar-refractivity contribution in [3.63, 3.8) is 0 Å². The number of thiol groups is 1. The fraction of sp³-hybridized carbons (Fsp3) is 0.786. The lowest BCUT2D eigenvalue weighted by Crippen LogP contribution is -2.46. The summed E-state index contributed by atoms with van der Waals surface area (Å²) in [4.78, 5) is 33.4. The third kappa shape index (κ3) is 10.9. The Morgan fingerprint density at radius 3 is 2.30 bits per heavy atom. The summed E-state index contributed by atoms with van der Waals surface area (Å²) in [5.41, 5.74) is 5.12. The molecule has 0 spiro atoms. The van der Waals surface area contributed by atoms with Crippen LogP contribution in [0, 0.1) is 5.41 Å². The molecule has 0 fully saturated rings. The van der Waals surface area contributed by atoms with Gasteiger partial charge in [-0.1, -0.05) is 40.3 Å². The van der Waals surface area contributed by atoms with E-state index in [1.165, 1.54) is 7.41 Å². The van der Waals surface area contributed by atoms with Gasteiger partial charge < -0.3 is 21.6 Å². The Labute approximate surface area is 144 Å². The van der Waals surface area contributed by atoms with Crippen molar-refractivity contribution in [2.24, 2.45) is 11.1 Å². The van der Waals surface area contributed by atoms with Gasteiger partial charge in [-0.3, -0.25) is 9.59 Å². The normalized spacial score (nSPS) is 13.6. The minimum Gasteiger partial charge on any atom is -0.394 e. The van der Waals surface area contributed by atoms with Gasteiger partial charge >= 0.3 is 6.03 Å². The third-order valence-corrected chi connectivity index (χ3v) is 3.58. The van der Waals surface area contributed by atoms with Crippen molar-refractivity contribution in [3.05, 3.63) is 0 Å². The molecule has 0 aliphatic heterocycles. The molecule has 0 aromatic heterocycles. The Morgan fingerprint density at radius 1 is 1.22 bits per heavy atom. The number of primary amides is 1. The zero-order valence-corrected chi connectivity index (χ0v) is 15.2. The summed E-state index contributed by atoms with van der Waals surface area (Å²) in [7, 11) is 1.40. The standard InChI is InChI=1S/C14H28BN4O3S/c1-9(15-19-13(22)23)11(20)17-8-6-5-7-10(14(2,3)4)18-12(16)21/h9-10H,5-8H2,1-4H3,(H,17,20)(H3,16,18,21)(H2,19,22,23). The summed E-state index contributed by atoms with van der Waals surface area (Å²) < 4.78 is 0. The van der Waals surface area contributed by atoms with E-state index in [1.807, 2.05) is 20.8 Å². The minimum atomic E-state index is -0.520. The van der Waals surface area contributed by atoms with E-state index in [1.54, 1.807) is 6.92 Å². The van der Waals surface area contributed by atoms with Crippen molar-refractivity contribution in [3.8, 4) is 0 Å². The Hall–Kier alpha value is -1.38. The van der Waals surface area contributed by atoms with Gasteiger partial charge in [0.15, 0.2) is 0 Å². The molecule has 0 aliphatic rings. The van der Waals surface area contributed by atoms with Gasteiger partial charge in [-0.15, -0.1) is 0 Å². The average molecular weight is 343 g/mol. The van der Waals surface area contributed by atoms with Crippen LogP contribution in [0.25, 0.3) is 0 Å². The number of amides is 4. The zero-order chi connectivity index (χ0) is 18.0. The van der Waals surface area contributed by atoms with Crippen LogP contribution in [0.3, 0.4) is 0 Å². The zero-order valence-electron chi connectivity index (χ0n) is 14.3. The maximum atomic E-state index is 11.8. The molecule has 1 radical (unpaired) electrons. The summed E-state index contributed by atoms with van der Waals surface area (Å²) in [5, 5.41) is 7.43. The molecule has 2 unspecified atom stereocenters. The van der Waals surface area contributed by atoms with Crippen LogP contribution in [0.4, 0.5) is 9.59 Å². The molecule has 131 valence electrons. The molecule has 0 saturated carbocycles. The minimum absolute atomic E-state index is 0.00596. The highest BCUT2D eigenvalue weighted by atomic mass is 32.1. The lowest BCUT2D eigenvalue weighted by Gasteiger charge is -2.31. The first-order chi connectivity index (χ1) is 10.5. The summed E-state index contributed by atoms with van der Waals surface area (Å²) in [5.74, 6) is -0.584. The van der Waals surface area contributed by atoms with Gasteiger partial charge in [0.1, 0.15) is 0 Å². The monoisotopic (exact) mass is 343 g/mol. The number of urea groups is 1. The number of nitrogens with one attached hydrogen (secondary N) is 3. The topological polar surface area (TPSA) is 113 Å². The molecule has 0 aromatic carbocycles. The number of hydrogen-bond acceptors (Lipinski definition) is 3. The van der Waals surface area contributed by atoms with Gasteiger partial charge in [-0.05, 0) is 24.7 Å². The van der Waals surface area contributed by atoms with E-state index in [9.17, 15) is 14.4 Å². The number of carbonyl (C=O) groups is 3. The number of carbonyl (C=O) groups excluding carboxylic acids is 3. The molecule has 2 atom stereocenters. The van der Waals surface area contributed by atoms with Crippen LogP contribution in [-0.4, -0.2) is 37.2 Å². The predicted molar refractivity (Wildman–Crippen MR) is 95.5 cm³/mol. The van der Waals surface area contributed by atoms with E-state index in [0.717, 1.165) is 19.3 Å². The van der Waals surface area contributed by atoms with Crippen LogP contribution in [0.2, 0.25) is 5.82 Å². The fourth-order valence-electron chi connectivity index (χ4n) is 2.01. The largest absolute Gasteiger partial charge is 0.394 e. The van der Waals surface area contributed by atoms with Crippen molar-refractivity contribution in [1.29, 1.82) is 0 Å². The van der Waals surface area contributed by atoms with Crippen LogP contribution in [0.5, 0.6) is 0 Å². The summed E-state index contributed by atoms with van der Waals surface area (Å²) in [6.45, 7) is 8.36. The van der Waals surface area contributed by atoms with Gasteiger partial charge in [0.2, 0.25) is 5.91 Å². The first kappa shape index (κ1) is 21.6. The van der Waals surface area contributed by atoms with E-state index < -0.39 is 17.1 Å². The third-order valence-electron chi connectivity index (χ3n) is 3.45. The molecule has 0 rings (SSSR count). The second-order valence-electron chi connectivity index (χ2n) is 6.62. The smallest absolute Gasteiger partial charge is 0.312 e.